The maximum absolute atomic E-state index is 3.64. The summed E-state index contributed by atoms with van der Waals surface area (Å²) in [5.41, 5.74) is 4.19. The van der Waals surface area contributed by atoms with Crippen molar-refractivity contribution >= 4 is 21.6 Å². The molecule has 0 atom stereocenters. The van der Waals surface area contributed by atoms with E-state index in [1.165, 1.54) is 27.7 Å². The molecule has 2 nitrogen and oxygen atoms in total. The van der Waals surface area contributed by atoms with Crippen LogP contribution in [0.5, 0.6) is 0 Å². The second kappa shape index (κ2) is 3.91. The monoisotopic (exact) mass is 254 g/mol. The molecule has 2 rings (SSSR count). The lowest BCUT2D eigenvalue weighted by atomic mass is 10.1. The highest BCUT2D eigenvalue weighted by molar-refractivity contribution is 9.10. The zero-order valence-electron chi connectivity index (χ0n) is 8.60. The number of hydrogen-bond donors (Lipinski definition) is 1. The molecule has 1 aromatic carbocycles. The van der Waals surface area contributed by atoms with E-state index in [0.29, 0.717) is 0 Å². The third-order valence-electron chi connectivity index (χ3n) is 2.68. The van der Waals surface area contributed by atoms with Gasteiger partial charge >= 0.3 is 0 Å². The highest BCUT2D eigenvalue weighted by Gasteiger charge is 2.18. The smallest absolute Gasteiger partial charge is 0.0541 e. The van der Waals surface area contributed by atoms with Crippen LogP contribution in [0.15, 0.2) is 16.6 Å². The number of rotatable bonds is 2. The Bertz CT molecular complexity index is 349. The van der Waals surface area contributed by atoms with E-state index in [-0.39, 0.29) is 0 Å². The molecule has 14 heavy (non-hydrogen) atoms. The molecule has 1 aliphatic rings. The minimum Gasteiger partial charge on any atom is -0.373 e. The first-order chi connectivity index (χ1) is 6.72. The number of hydrogen-bond acceptors (Lipinski definition) is 2. The zero-order chi connectivity index (χ0) is 10.1. The summed E-state index contributed by atoms with van der Waals surface area (Å²) in [7, 11) is 4.13. The van der Waals surface area contributed by atoms with Gasteiger partial charge in [0.2, 0.25) is 0 Å². The Morgan fingerprint density at radius 3 is 3.00 bits per heavy atom. The molecular weight excluding hydrogens is 240 g/mol. The molecule has 1 N–H and O–H groups in total. The van der Waals surface area contributed by atoms with Gasteiger partial charge in [0.05, 0.1) is 5.69 Å². The summed E-state index contributed by atoms with van der Waals surface area (Å²) in [5.74, 6) is 0. The number of halogens is 1. The molecule has 0 unspecified atom stereocenters. The highest BCUT2D eigenvalue weighted by atomic mass is 79.9. The summed E-state index contributed by atoms with van der Waals surface area (Å²) >= 11 is 3.64. The van der Waals surface area contributed by atoms with E-state index in [0.717, 1.165) is 13.1 Å². The van der Waals surface area contributed by atoms with Gasteiger partial charge in [-0.1, -0.05) is 6.07 Å². The zero-order valence-corrected chi connectivity index (χ0v) is 10.2. The Kier molecular flexibility index (Phi) is 2.79. The Hall–Kier alpha value is -0.540. The van der Waals surface area contributed by atoms with Gasteiger partial charge < -0.3 is 10.2 Å². The second-order valence-electron chi connectivity index (χ2n) is 3.79. The first kappa shape index (κ1) is 9.99. The molecule has 3 heteroatoms. The van der Waals surface area contributed by atoms with Gasteiger partial charge in [0.25, 0.3) is 0 Å². The Labute approximate surface area is 93.4 Å². The van der Waals surface area contributed by atoms with Gasteiger partial charge in [-0.15, -0.1) is 0 Å². The Morgan fingerprint density at radius 2 is 2.29 bits per heavy atom. The van der Waals surface area contributed by atoms with Crippen molar-refractivity contribution < 1.29 is 0 Å². The van der Waals surface area contributed by atoms with Crippen LogP contribution < -0.4 is 10.2 Å². The van der Waals surface area contributed by atoms with E-state index in [4.69, 9.17) is 0 Å². The van der Waals surface area contributed by atoms with Crippen LogP contribution >= 0.6 is 15.9 Å². The number of anilines is 1. The van der Waals surface area contributed by atoms with E-state index >= 15 is 0 Å². The van der Waals surface area contributed by atoms with Crippen LogP contribution in [-0.2, 0) is 13.0 Å². The fourth-order valence-corrected chi connectivity index (χ4v) is 2.89. The van der Waals surface area contributed by atoms with Crippen molar-refractivity contribution in [2.75, 3.05) is 25.5 Å². The molecule has 0 saturated heterocycles. The van der Waals surface area contributed by atoms with E-state index in [9.17, 15) is 0 Å². The molecule has 0 fully saturated rings. The van der Waals surface area contributed by atoms with E-state index in [1.54, 1.807) is 0 Å². The fraction of sp³-hybridized carbons (Fsp3) is 0.455. The topological polar surface area (TPSA) is 15.3 Å². The van der Waals surface area contributed by atoms with E-state index in [2.05, 4.69) is 45.3 Å². The summed E-state index contributed by atoms with van der Waals surface area (Å²) in [6, 6.07) is 4.51. The van der Waals surface area contributed by atoms with Crippen molar-refractivity contribution in [3.8, 4) is 0 Å². The second-order valence-corrected chi connectivity index (χ2v) is 4.64. The van der Waals surface area contributed by atoms with Crippen LogP contribution in [0.4, 0.5) is 5.69 Å². The molecule has 0 radical (unpaired) electrons. The van der Waals surface area contributed by atoms with Crippen molar-refractivity contribution in [1.29, 1.82) is 0 Å². The SMILES string of the molecule is CNCc1cc(Br)c2c(c1)CCN2C. The molecule has 0 aromatic heterocycles. The molecule has 0 bridgehead atoms. The van der Waals surface area contributed by atoms with Gasteiger partial charge in [0.15, 0.2) is 0 Å². The average Bonchev–Trinajstić information content (AvgIpc) is 2.48. The van der Waals surface area contributed by atoms with Crippen molar-refractivity contribution in [3.63, 3.8) is 0 Å². The van der Waals surface area contributed by atoms with Gasteiger partial charge in [-0.25, -0.2) is 0 Å². The van der Waals surface area contributed by atoms with Crippen LogP contribution in [0, 0.1) is 0 Å². The Morgan fingerprint density at radius 1 is 1.50 bits per heavy atom. The number of benzene rings is 1. The number of nitrogens with one attached hydrogen (secondary N) is 1. The summed E-state index contributed by atoms with van der Waals surface area (Å²) in [4.78, 5) is 2.31. The number of nitrogens with zero attached hydrogens (tertiary/aromatic N) is 1. The summed E-state index contributed by atoms with van der Waals surface area (Å²) in [6.45, 7) is 2.08. The normalized spacial score (nSPS) is 14.6. The predicted octanol–water partition coefficient (Wildman–Crippen LogP) is 2.16. The predicted molar refractivity (Wildman–Crippen MR) is 63.9 cm³/mol. The summed E-state index contributed by atoms with van der Waals surface area (Å²) < 4.78 is 1.22. The molecule has 0 aliphatic carbocycles. The van der Waals surface area contributed by atoms with Crippen molar-refractivity contribution in [3.05, 3.63) is 27.7 Å². The van der Waals surface area contributed by atoms with Crippen LogP contribution in [0.2, 0.25) is 0 Å². The van der Waals surface area contributed by atoms with Crippen LogP contribution in [-0.4, -0.2) is 20.6 Å². The van der Waals surface area contributed by atoms with Gasteiger partial charge in [0.1, 0.15) is 0 Å². The Balaban J connectivity index is 2.41. The minimum absolute atomic E-state index is 0.940. The number of likely N-dealkylation sites (N-methyl/N-ethyl adjacent to an activating group) is 1. The van der Waals surface area contributed by atoms with Crippen molar-refractivity contribution in [2.24, 2.45) is 0 Å². The summed E-state index contributed by atoms with van der Waals surface area (Å²) in [6.07, 6.45) is 1.17. The molecule has 1 aromatic rings. The van der Waals surface area contributed by atoms with Gasteiger partial charge in [-0.2, -0.15) is 0 Å². The third kappa shape index (κ3) is 1.66. The highest BCUT2D eigenvalue weighted by Crippen LogP contribution is 2.35. The van der Waals surface area contributed by atoms with Crippen molar-refractivity contribution in [2.45, 2.75) is 13.0 Å². The maximum Gasteiger partial charge on any atom is 0.0541 e. The molecule has 0 amide bonds. The molecule has 1 aliphatic heterocycles. The quantitative estimate of drug-likeness (QED) is 0.871. The molecule has 0 spiro atoms. The lowest BCUT2D eigenvalue weighted by molar-refractivity contribution is 0.816. The molecule has 0 saturated carbocycles. The van der Waals surface area contributed by atoms with E-state index in [1.807, 2.05) is 7.05 Å². The van der Waals surface area contributed by atoms with Gasteiger partial charge in [0, 0.05) is 24.6 Å². The summed E-state index contributed by atoms with van der Waals surface area (Å²) in [5, 5.41) is 3.18. The van der Waals surface area contributed by atoms with E-state index < -0.39 is 0 Å². The van der Waals surface area contributed by atoms with Gasteiger partial charge in [-0.05, 0) is 46.6 Å². The van der Waals surface area contributed by atoms with Crippen LogP contribution in [0.25, 0.3) is 0 Å². The largest absolute Gasteiger partial charge is 0.373 e. The minimum atomic E-state index is 0.940. The van der Waals surface area contributed by atoms with Crippen molar-refractivity contribution in [1.82, 2.24) is 5.32 Å². The maximum atomic E-state index is 3.64. The van der Waals surface area contributed by atoms with Crippen LogP contribution in [0.3, 0.4) is 0 Å². The fourth-order valence-electron chi connectivity index (χ4n) is 2.04. The average molecular weight is 255 g/mol. The lowest BCUT2D eigenvalue weighted by Gasteiger charge is -2.14. The first-order valence-corrected chi connectivity index (χ1v) is 5.68. The van der Waals surface area contributed by atoms with Crippen LogP contribution in [0.1, 0.15) is 11.1 Å². The molecule has 76 valence electrons. The molecular formula is C11H15BrN2. The number of fused-ring (bicyclic) bond motifs is 1. The third-order valence-corrected chi connectivity index (χ3v) is 3.29. The lowest BCUT2D eigenvalue weighted by Crippen LogP contribution is -2.13. The first-order valence-electron chi connectivity index (χ1n) is 4.89. The molecule has 1 heterocycles. The van der Waals surface area contributed by atoms with Gasteiger partial charge in [-0.3, -0.25) is 0 Å². The standard InChI is InChI=1S/C11H15BrN2/c1-13-7-8-5-9-3-4-14(2)11(9)10(12)6-8/h5-6,13H,3-4,7H2,1-2H3.